The number of allylic oxidation sites excluding steroid dienone is 4. The van der Waals surface area contributed by atoms with Gasteiger partial charge in [-0.15, -0.1) is 0 Å². The first-order chi connectivity index (χ1) is 11.6. The van der Waals surface area contributed by atoms with Gasteiger partial charge in [0, 0.05) is 18.8 Å². The molecule has 1 fully saturated rings. The highest BCUT2D eigenvalue weighted by Gasteiger charge is 2.30. The van der Waals surface area contributed by atoms with Crippen LogP contribution in [0.5, 0.6) is 0 Å². The molecule has 1 rings (SSSR count). The van der Waals surface area contributed by atoms with E-state index in [9.17, 15) is 9.59 Å². The summed E-state index contributed by atoms with van der Waals surface area (Å²) in [5.74, 6) is -0.842. The summed E-state index contributed by atoms with van der Waals surface area (Å²) in [7, 11) is 0. The van der Waals surface area contributed by atoms with Crippen molar-refractivity contribution in [1.82, 2.24) is 10.2 Å². The largest absolute Gasteiger partial charge is 0.481 e. The van der Waals surface area contributed by atoms with E-state index in [1.807, 2.05) is 52.0 Å². The number of carboxylic acids is 1. The Bertz CT molecular complexity index is 564. The first-order valence-electron chi connectivity index (χ1n) is 8.61. The predicted octanol–water partition coefficient (Wildman–Crippen LogP) is 3.47. The Morgan fingerprint density at radius 3 is 2.48 bits per heavy atom. The van der Waals surface area contributed by atoms with E-state index in [0.29, 0.717) is 13.1 Å². The molecular formula is C19H30N2O4. The topological polar surface area (TPSA) is 78.9 Å². The van der Waals surface area contributed by atoms with Crippen molar-refractivity contribution in [2.24, 2.45) is 0 Å². The van der Waals surface area contributed by atoms with Gasteiger partial charge >= 0.3 is 12.1 Å². The summed E-state index contributed by atoms with van der Waals surface area (Å²) in [5, 5.41) is 11.8. The monoisotopic (exact) mass is 350 g/mol. The first kappa shape index (κ1) is 20.8. The zero-order valence-electron chi connectivity index (χ0n) is 15.8. The van der Waals surface area contributed by atoms with Crippen LogP contribution in [0.4, 0.5) is 4.79 Å². The number of alkyl carbamates (subject to hydrolysis) is 1. The van der Waals surface area contributed by atoms with E-state index in [1.54, 1.807) is 0 Å². The van der Waals surface area contributed by atoms with E-state index in [-0.39, 0.29) is 12.5 Å². The second-order valence-electron chi connectivity index (χ2n) is 7.24. The maximum absolute atomic E-state index is 11.8. The summed E-state index contributed by atoms with van der Waals surface area (Å²) < 4.78 is 5.26. The van der Waals surface area contributed by atoms with Crippen LogP contribution in [0, 0.1) is 0 Å². The van der Waals surface area contributed by atoms with Crippen molar-refractivity contribution in [2.45, 2.75) is 59.1 Å². The lowest BCUT2D eigenvalue weighted by molar-refractivity contribution is -0.136. The van der Waals surface area contributed by atoms with Gasteiger partial charge in [0.2, 0.25) is 0 Å². The second kappa shape index (κ2) is 9.30. The molecule has 0 radical (unpaired) electrons. The number of nitrogens with one attached hydrogen (secondary N) is 1. The van der Waals surface area contributed by atoms with Crippen LogP contribution in [0.25, 0.3) is 0 Å². The third-order valence-corrected chi connectivity index (χ3v) is 3.43. The number of carbonyl (C=O) groups excluding carboxylic acids is 1. The van der Waals surface area contributed by atoms with Crippen LogP contribution in [0.15, 0.2) is 35.6 Å². The van der Waals surface area contributed by atoms with Crippen molar-refractivity contribution < 1.29 is 19.4 Å². The fourth-order valence-electron chi connectivity index (χ4n) is 2.34. The summed E-state index contributed by atoms with van der Waals surface area (Å²) in [5.41, 5.74) is 1.22. The number of rotatable bonds is 7. The smallest absolute Gasteiger partial charge is 0.407 e. The minimum Gasteiger partial charge on any atom is -0.481 e. The molecule has 2 N–H and O–H groups in total. The van der Waals surface area contributed by atoms with Gasteiger partial charge in [0.15, 0.2) is 0 Å². The predicted molar refractivity (Wildman–Crippen MR) is 98.3 cm³/mol. The van der Waals surface area contributed by atoms with Gasteiger partial charge in [-0.3, -0.25) is 4.79 Å². The fraction of sp³-hybridized carbons (Fsp3) is 0.579. The second-order valence-corrected chi connectivity index (χ2v) is 7.24. The van der Waals surface area contributed by atoms with E-state index >= 15 is 0 Å². The number of carboxylic acid groups (broad SMARTS) is 1. The summed E-state index contributed by atoms with van der Waals surface area (Å²) in [4.78, 5) is 24.7. The molecule has 0 aliphatic carbocycles. The molecule has 1 saturated heterocycles. The average Bonchev–Trinajstić information content (AvgIpc) is 2.38. The van der Waals surface area contributed by atoms with E-state index in [0.717, 1.165) is 17.7 Å². The Labute approximate surface area is 150 Å². The average molecular weight is 350 g/mol. The van der Waals surface area contributed by atoms with Gasteiger partial charge in [0.1, 0.15) is 5.60 Å². The zero-order valence-corrected chi connectivity index (χ0v) is 15.8. The van der Waals surface area contributed by atoms with Crippen LogP contribution in [0.3, 0.4) is 0 Å². The van der Waals surface area contributed by atoms with Gasteiger partial charge in [0.25, 0.3) is 0 Å². The van der Waals surface area contributed by atoms with E-state index in [1.165, 1.54) is 0 Å². The molecule has 0 aromatic rings. The van der Waals surface area contributed by atoms with Crippen LogP contribution in [-0.4, -0.2) is 46.8 Å². The summed E-state index contributed by atoms with van der Waals surface area (Å²) in [6.07, 6.45) is 8.40. The Morgan fingerprint density at radius 1 is 1.32 bits per heavy atom. The molecule has 0 aromatic carbocycles. The van der Waals surface area contributed by atoms with Crippen LogP contribution in [0.1, 0.15) is 47.5 Å². The zero-order chi connectivity index (χ0) is 19.0. The molecule has 0 bridgehead atoms. The number of carbonyl (C=O) groups is 2. The van der Waals surface area contributed by atoms with Crippen LogP contribution < -0.4 is 5.32 Å². The number of ether oxygens (including phenoxy) is 1. The van der Waals surface area contributed by atoms with Crippen molar-refractivity contribution in [1.29, 1.82) is 0 Å². The highest BCUT2D eigenvalue weighted by atomic mass is 16.6. The minimum absolute atomic E-state index is 0.0161. The summed E-state index contributed by atoms with van der Waals surface area (Å²) in [6, 6.07) is 0.0292. The van der Waals surface area contributed by atoms with Gasteiger partial charge in [-0.05, 0) is 46.3 Å². The first-order valence-corrected chi connectivity index (χ1v) is 8.61. The molecule has 0 unspecified atom stereocenters. The lowest BCUT2D eigenvalue weighted by Gasteiger charge is -2.42. The number of likely N-dealkylation sites (tertiary alicyclic amines) is 1. The van der Waals surface area contributed by atoms with Gasteiger partial charge in [-0.1, -0.05) is 24.6 Å². The third kappa shape index (κ3) is 8.42. The molecule has 6 heteroatoms. The standard InChI is InChI=1S/C19H30N2O4/c1-6-7-8-9-16(10-14(2)11-17(22)23)21-12-15(13-21)20-18(24)25-19(3,4)5/h7-10,15H,6,11-13H2,1-5H3,(H,20,24)(H,22,23)/b8-7+,14-10+,16-9+. The lowest BCUT2D eigenvalue weighted by atomic mass is 10.1. The van der Waals surface area contributed by atoms with Crippen LogP contribution in [0.2, 0.25) is 0 Å². The number of aliphatic carboxylic acids is 1. The van der Waals surface area contributed by atoms with Crippen LogP contribution in [-0.2, 0) is 9.53 Å². The van der Waals surface area contributed by atoms with E-state index in [4.69, 9.17) is 9.84 Å². The minimum atomic E-state index is -0.842. The highest BCUT2D eigenvalue weighted by Crippen LogP contribution is 2.20. The Hall–Kier alpha value is -2.24. The molecule has 1 aliphatic rings. The molecule has 0 saturated carbocycles. The molecular weight excluding hydrogens is 320 g/mol. The summed E-state index contributed by atoms with van der Waals surface area (Å²) in [6.45, 7) is 10.7. The number of hydrogen-bond acceptors (Lipinski definition) is 4. The van der Waals surface area contributed by atoms with Gasteiger partial charge in [-0.2, -0.15) is 0 Å². The fourth-order valence-corrected chi connectivity index (χ4v) is 2.34. The Kier molecular flexibility index (Phi) is 7.74. The highest BCUT2D eigenvalue weighted by molar-refractivity contribution is 5.70. The van der Waals surface area contributed by atoms with Crippen molar-refractivity contribution in [3.8, 4) is 0 Å². The maximum atomic E-state index is 11.8. The molecule has 1 aliphatic heterocycles. The van der Waals surface area contributed by atoms with Gasteiger partial charge in [0.05, 0.1) is 12.5 Å². The van der Waals surface area contributed by atoms with Crippen molar-refractivity contribution in [3.05, 3.63) is 35.6 Å². The van der Waals surface area contributed by atoms with Crippen molar-refractivity contribution in [3.63, 3.8) is 0 Å². The summed E-state index contributed by atoms with van der Waals surface area (Å²) >= 11 is 0. The van der Waals surface area contributed by atoms with Gasteiger partial charge < -0.3 is 20.1 Å². The number of nitrogens with zero attached hydrogens (tertiary/aromatic N) is 1. The molecule has 140 valence electrons. The number of hydrogen-bond donors (Lipinski definition) is 2. The Morgan fingerprint density at radius 2 is 1.96 bits per heavy atom. The van der Waals surface area contributed by atoms with E-state index < -0.39 is 17.7 Å². The lowest BCUT2D eigenvalue weighted by Crippen LogP contribution is -2.59. The Balaban J connectivity index is 2.65. The molecule has 0 aromatic heterocycles. The molecule has 0 atom stereocenters. The van der Waals surface area contributed by atoms with Gasteiger partial charge in [-0.25, -0.2) is 4.79 Å². The SMILES string of the molecule is CC/C=C/C=C(\C=C(/C)CC(=O)O)N1CC(NC(=O)OC(C)(C)C)C1. The molecule has 25 heavy (non-hydrogen) atoms. The van der Waals surface area contributed by atoms with Crippen molar-refractivity contribution in [2.75, 3.05) is 13.1 Å². The maximum Gasteiger partial charge on any atom is 0.407 e. The van der Waals surface area contributed by atoms with Crippen molar-refractivity contribution >= 4 is 12.1 Å². The molecule has 0 spiro atoms. The van der Waals surface area contributed by atoms with Crippen LogP contribution >= 0.6 is 0 Å². The van der Waals surface area contributed by atoms with E-state index in [2.05, 4.69) is 17.1 Å². The molecule has 1 amide bonds. The number of amides is 1. The molecule has 6 nitrogen and oxygen atoms in total. The quantitative estimate of drug-likeness (QED) is 0.687. The normalized spacial score (nSPS) is 16.8. The molecule has 1 heterocycles. The third-order valence-electron chi connectivity index (χ3n) is 3.43.